The van der Waals surface area contributed by atoms with E-state index in [1.165, 1.54) is 11.3 Å². The van der Waals surface area contributed by atoms with Gasteiger partial charge in [-0.25, -0.2) is 4.79 Å². The molecule has 0 bridgehead atoms. The quantitative estimate of drug-likeness (QED) is 0.714. The molecule has 0 saturated carbocycles. The minimum atomic E-state index is -1.11. The van der Waals surface area contributed by atoms with E-state index in [4.69, 9.17) is 4.74 Å². The number of carbonyl (C=O) groups is 1. The second-order valence-corrected chi connectivity index (χ2v) is 6.39. The van der Waals surface area contributed by atoms with Crippen LogP contribution in [0, 0.1) is 0 Å². The van der Waals surface area contributed by atoms with Gasteiger partial charge < -0.3 is 20.3 Å². The number of hydrogen-bond acceptors (Lipinski definition) is 5. The Balaban J connectivity index is 1.75. The van der Waals surface area contributed by atoms with Crippen molar-refractivity contribution < 1.29 is 19.7 Å². The Morgan fingerprint density at radius 3 is 2.64 bits per heavy atom. The van der Waals surface area contributed by atoms with E-state index in [1.54, 1.807) is 11.4 Å². The molecule has 0 aliphatic rings. The molecule has 7 heteroatoms. The first-order valence-electron chi connectivity index (χ1n) is 6.61. The average molecular weight is 386 g/mol. The van der Waals surface area contributed by atoms with E-state index in [9.17, 15) is 15.0 Å². The lowest BCUT2D eigenvalue weighted by molar-refractivity contribution is 0.0201. The van der Waals surface area contributed by atoms with Crippen molar-refractivity contribution in [3.05, 3.63) is 56.7 Å². The average Bonchev–Trinajstić information content (AvgIpc) is 2.96. The van der Waals surface area contributed by atoms with Crippen molar-refractivity contribution in [2.75, 3.05) is 6.54 Å². The first kappa shape index (κ1) is 17.0. The van der Waals surface area contributed by atoms with Crippen molar-refractivity contribution in [2.24, 2.45) is 0 Å². The summed E-state index contributed by atoms with van der Waals surface area (Å²) >= 11 is 4.62. The lowest BCUT2D eigenvalue weighted by Crippen LogP contribution is -2.35. The van der Waals surface area contributed by atoms with Crippen LogP contribution in [-0.4, -0.2) is 29.0 Å². The number of carbonyl (C=O) groups excluding carboxylic acids is 1. The summed E-state index contributed by atoms with van der Waals surface area (Å²) in [7, 11) is 0. The van der Waals surface area contributed by atoms with Crippen molar-refractivity contribution in [2.45, 2.75) is 18.8 Å². The van der Waals surface area contributed by atoms with Crippen LogP contribution in [0.1, 0.15) is 16.5 Å². The molecular weight excluding hydrogens is 370 g/mol. The van der Waals surface area contributed by atoms with Crippen LogP contribution in [-0.2, 0) is 11.3 Å². The van der Waals surface area contributed by atoms with Gasteiger partial charge >= 0.3 is 6.09 Å². The van der Waals surface area contributed by atoms with E-state index >= 15 is 0 Å². The predicted molar refractivity (Wildman–Crippen MR) is 87.6 cm³/mol. The maximum Gasteiger partial charge on any atom is 0.407 e. The Hall–Kier alpha value is -1.41. The topological polar surface area (TPSA) is 78.8 Å². The Bertz CT molecular complexity index is 605. The maximum atomic E-state index is 11.6. The lowest BCUT2D eigenvalue weighted by atomic mass is 10.2. The van der Waals surface area contributed by atoms with Crippen LogP contribution in [0.5, 0.6) is 0 Å². The SMILES string of the molecule is O=C(NCC(O)C(O)c1sccc1Br)OCc1ccccc1. The largest absolute Gasteiger partial charge is 0.445 e. The van der Waals surface area contributed by atoms with Crippen molar-refractivity contribution in [1.82, 2.24) is 5.32 Å². The second kappa shape index (κ2) is 8.28. The van der Waals surface area contributed by atoms with Crippen LogP contribution >= 0.6 is 27.3 Å². The van der Waals surface area contributed by atoms with Gasteiger partial charge in [-0.3, -0.25) is 0 Å². The highest BCUT2D eigenvalue weighted by Crippen LogP contribution is 2.30. The first-order valence-corrected chi connectivity index (χ1v) is 8.28. The molecule has 1 heterocycles. The lowest BCUT2D eigenvalue weighted by Gasteiger charge is -2.17. The molecule has 1 aromatic carbocycles. The second-order valence-electron chi connectivity index (χ2n) is 4.59. The minimum absolute atomic E-state index is 0.0981. The molecule has 3 N–H and O–H groups in total. The van der Waals surface area contributed by atoms with Crippen molar-refractivity contribution in [3.63, 3.8) is 0 Å². The number of amides is 1. The monoisotopic (exact) mass is 385 g/mol. The summed E-state index contributed by atoms with van der Waals surface area (Å²) in [5.74, 6) is 0. The van der Waals surface area contributed by atoms with Gasteiger partial charge in [0.2, 0.25) is 0 Å². The van der Waals surface area contributed by atoms with Gasteiger partial charge in [-0.05, 0) is 32.9 Å². The molecule has 0 aliphatic heterocycles. The van der Waals surface area contributed by atoms with E-state index in [2.05, 4.69) is 21.2 Å². The molecule has 0 saturated heterocycles. The van der Waals surface area contributed by atoms with Crippen LogP contribution in [0.3, 0.4) is 0 Å². The van der Waals surface area contributed by atoms with Crippen LogP contribution < -0.4 is 5.32 Å². The van der Waals surface area contributed by atoms with Crippen LogP contribution in [0.2, 0.25) is 0 Å². The van der Waals surface area contributed by atoms with Crippen LogP contribution in [0.4, 0.5) is 4.79 Å². The fourth-order valence-corrected chi connectivity index (χ4v) is 3.41. The maximum absolute atomic E-state index is 11.6. The summed E-state index contributed by atoms with van der Waals surface area (Å²) in [5.41, 5.74) is 0.876. The summed E-state index contributed by atoms with van der Waals surface area (Å²) in [6.07, 6.45) is -2.82. The molecule has 22 heavy (non-hydrogen) atoms. The van der Waals surface area contributed by atoms with Gasteiger partial charge in [0.05, 0.1) is 0 Å². The number of rotatable bonds is 6. The zero-order valence-corrected chi connectivity index (χ0v) is 14.0. The smallest absolute Gasteiger partial charge is 0.407 e. The highest BCUT2D eigenvalue weighted by Gasteiger charge is 2.22. The fraction of sp³-hybridized carbons (Fsp3) is 0.267. The molecule has 118 valence electrons. The molecular formula is C15H16BrNO4S. The molecule has 2 atom stereocenters. The molecule has 5 nitrogen and oxygen atoms in total. The predicted octanol–water partition coefficient (Wildman–Crippen LogP) is 2.83. The van der Waals surface area contributed by atoms with Gasteiger partial charge in [0.1, 0.15) is 18.8 Å². The number of thiophene rings is 1. The molecule has 2 aromatic rings. The summed E-state index contributed by atoms with van der Waals surface area (Å²) in [6.45, 7) is 0.0565. The third-order valence-corrected chi connectivity index (χ3v) is 4.89. The molecule has 1 amide bonds. The van der Waals surface area contributed by atoms with Crippen molar-refractivity contribution in [3.8, 4) is 0 Å². The highest BCUT2D eigenvalue weighted by molar-refractivity contribution is 9.10. The van der Waals surface area contributed by atoms with Crippen molar-refractivity contribution in [1.29, 1.82) is 0 Å². The Labute approximate surface area is 140 Å². The third kappa shape index (κ3) is 4.81. The molecule has 0 fully saturated rings. The van der Waals surface area contributed by atoms with Gasteiger partial charge in [0.15, 0.2) is 0 Å². The third-order valence-electron chi connectivity index (χ3n) is 2.95. The summed E-state index contributed by atoms with van der Waals surface area (Å²) < 4.78 is 5.76. The summed E-state index contributed by atoms with van der Waals surface area (Å²) in [5, 5.41) is 24.2. The number of alkyl carbamates (subject to hydrolysis) is 1. The number of benzene rings is 1. The number of aliphatic hydroxyl groups is 2. The van der Waals surface area contributed by atoms with Gasteiger partial charge in [-0.15, -0.1) is 11.3 Å². The number of ether oxygens (including phenoxy) is 1. The molecule has 0 aliphatic carbocycles. The zero-order valence-electron chi connectivity index (χ0n) is 11.6. The Kier molecular flexibility index (Phi) is 6.38. The first-order chi connectivity index (χ1) is 10.6. The summed E-state index contributed by atoms with van der Waals surface area (Å²) in [4.78, 5) is 12.2. The standard InChI is InChI=1S/C15H16BrNO4S/c16-11-6-7-22-14(11)13(19)12(18)8-17-15(20)21-9-10-4-2-1-3-5-10/h1-7,12-13,18-19H,8-9H2,(H,17,20). The van der Waals surface area contributed by atoms with Crippen molar-refractivity contribution >= 4 is 33.4 Å². The number of hydrogen-bond donors (Lipinski definition) is 3. The Morgan fingerprint density at radius 2 is 2.00 bits per heavy atom. The minimum Gasteiger partial charge on any atom is -0.445 e. The van der Waals surface area contributed by atoms with Gasteiger partial charge in [-0.2, -0.15) is 0 Å². The van der Waals surface area contributed by atoms with E-state index in [-0.39, 0.29) is 13.2 Å². The van der Waals surface area contributed by atoms with E-state index in [1.807, 2.05) is 30.3 Å². The highest BCUT2D eigenvalue weighted by atomic mass is 79.9. The molecule has 0 radical (unpaired) electrons. The van der Waals surface area contributed by atoms with Gasteiger partial charge in [0, 0.05) is 15.9 Å². The zero-order chi connectivity index (χ0) is 15.9. The van der Waals surface area contributed by atoms with E-state index in [0.717, 1.165) is 10.0 Å². The normalized spacial score (nSPS) is 13.4. The molecule has 0 spiro atoms. The molecule has 2 rings (SSSR count). The molecule has 1 aromatic heterocycles. The Morgan fingerprint density at radius 1 is 1.27 bits per heavy atom. The number of aliphatic hydroxyl groups excluding tert-OH is 2. The van der Waals surface area contributed by atoms with Crippen LogP contribution in [0.25, 0.3) is 0 Å². The fourth-order valence-electron chi connectivity index (χ4n) is 1.76. The van der Waals surface area contributed by atoms with E-state index < -0.39 is 18.3 Å². The summed E-state index contributed by atoms with van der Waals surface area (Å²) in [6, 6.07) is 11.1. The molecule has 2 unspecified atom stereocenters. The van der Waals surface area contributed by atoms with Gasteiger partial charge in [-0.1, -0.05) is 30.3 Å². The van der Waals surface area contributed by atoms with Crippen LogP contribution in [0.15, 0.2) is 46.3 Å². The van der Waals surface area contributed by atoms with E-state index in [0.29, 0.717) is 4.88 Å². The van der Waals surface area contributed by atoms with Gasteiger partial charge in [0.25, 0.3) is 0 Å². The number of halogens is 1. The number of nitrogens with one attached hydrogen (secondary N) is 1.